The van der Waals surface area contributed by atoms with Gasteiger partial charge in [0.25, 0.3) is 0 Å². The van der Waals surface area contributed by atoms with Crippen molar-refractivity contribution in [2.75, 3.05) is 11.9 Å². The Balaban J connectivity index is 1.94. The Kier molecular flexibility index (Phi) is 6.16. The van der Waals surface area contributed by atoms with Crippen LogP contribution >= 0.6 is 15.9 Å². The molecule has 21 heavy (non-hydrogen) atoms. The second kappa shape index (κ2) is 7.48. The number of halogens is 1. The number of nitrogens with zero attached hydrogens (tertiary/aromatic N) is 1. The van der Waals surface area contributed by atoms with Gasteiger partial charge in [-0.1, -0.05) is 49.5 Å². The van der Waals surface area contributed by atoms with Crippen LogP contribution in [0.5, 0.6) is 0 Å². The Labute approximate surface area is 139 Å². The molecule has 0 aromatic carbocycles. The number of hydrogen-bond donors (Lipinski definition) is 0. The maximum Gasteiger partial charge on any atom is 0.225 e. The van der Waals surface area contributed by atoms with Crippen molar-refractivity contribution in [3.63, 3.8) is 0 Å². The average molecular weight is 358 g/mol. The van der Waals surface area contributed by atoms with E-state index in [1.807, 2.05) is 0 Å². The molecule has 0 N–H and O–H groups in total. The Bertz CT molecular complexity index is 342. The molecule has 0 radical (unpaired) electrons. The van der Waals surface area contributed by atoms with Gasteiger partial charge in [-0.15, -0.1) is 0 Å². The SMILES string of the molecule is CC(C)(C)C1CCC(C(=O)N2CCCCCC2CBr)CC1. The number of likely N-dealkylation sites (tertiary alicyclic amines) is 1. The monoisotopic (exact) mass is 357 g/mol. The van der Waals surface area contributed by atoms with Gasteiger partial charge in [0, 0.05) is 23.8 Å². The fourth-order valence-electron chi connectivity index (χ4n) is 4.07. The minimum atomic E-state index is 0.295. The van der Waals surface area contributed by atoms with Crippen LogP contribution in [0.15, 0.2) is 0 Å². The molecular weight excluding hydrogens is 326 g/mol. The van der Waals surface area contributed by atoms with Gasteiger partial charge < -0.3 is 4.90 Å². The first-order valence-electron chi connectivity index (χ1n) is 8.80. The summed E-state index contributed by atoms with van der Waals surface area (Å²) >= 11 is 3.62. The van der Waals surface area contributed by atoms with Gasteiger partial charge in [-0.2, -0.15) is 0 Å². The first-order chi connectivity index (χ1) is 9.93. The van der Waals surface area contributed by atoms with Crippen LogP contribution in [0.2, 0.25) is 0 Å². The van der Waals surface area contributed by atoms with Gasteiger partial charge in [-0.3, -0.25) is 4.79 Å². The van der Waals surface area contributed by atoms with E-state index in [1.54, 1.807) is 0 Å². The van der Waals surface area contributed by atoms with Crippen molar-refractivity contribution < 1.29 is 4.79 Å². The van der Waals surface area contributed by atoms with Crippen molar-refractivity contribution in [1.82, 2.24) is 4.90 Å². The molecule has 2 fully saturated rings. The summed E-state index contributed by atoms with van der Waals surface area (Å²) in [5.41, 5.74) is 0.398. The van der Waals surface area contributed by atoms with E-state index >= 15 is 0 Å². The van der Waals surface area contributed by atoms with E-state index in [0.29, 0.717) is 23.3 Å². The van der Waals surface area contributed by atoms with E-state index < -0.39 is 0 Å². The molecule has 2 nitrogen and oxygen atoms in total. The molecule has 1 saturated heterocycles. The Morgan fingerprint density at radius 3 is 2.29 bits per heavy atom. The van der Waals surface area contributed by atoms with Crippen LogP contribution in [-0.4, -0.2) is 28.7 Å². The van der Waals surface area contributed by atoms with Crippen molar-refractivity contribution in [1.29, 1.82) is 0 Å². The Morgan fingerprint density at radius 1 is 1.05 bits per heavy atom. The molecule has 1 heterocycles. The van der Waals surface area contributed by atoms with E-state index in [4.69, 9.17) is 0 Å². The second-order valence-electron chi connectivity index (χ2n) is 8.10. The predicted octanol–water partition coefficient (Wildman–Crippen LogP) is 5.01. The lowest BCUT2D eigenvalue weighted by Crippen LogP contribution is -2.45. The molecule has 1 aliphatic carbocycles. The third-order valence-corrected chi connectivity index (χ3v) is 6.39. The van der Waals surface area contributed by atoms with Crippen LogP contribution in [0.3, 0.4) is 0 Å². The molecule has 2 aliphatic rings. The Hall–Kier alpha value is -0.0500. The van der Waals surface area contributed by atoms with E-state index in [2.05, 4.69) is 41.6 Å². The van der Waals surface area contributed by atoms with Crippen LogP contribution in [0, 0.1) is 17.3 Å². The summed E-state index contributed by atoms with van der Waals surface area (Å²) in [6, 6.07) is 0.431. The molecule has 0 spiro atoms. The molecule has 0 bridgehead atoms. The summed E-state index contributed by atoms with van der Waals surface area (Å²) in [4.78, 5) is 15.1. The molecule has 1 amide bonds. The van der Waals surface area contributed by atoms with Gasteiger partial charge in [0.1, 0.15) is 0 Å². The largest absolute Gasteiger partial charge is 0.339 e. The molecule has 1 atom stereocenters. The zero-order chi connectivity index (χ0) is 15.5. The van der Waals surface area contributed by atoms with E-state index in [1.165, 1.54) is 38.5 Å². The lowest BCUT2D eigenvalue weighted by Gasteiger charge is -2.39. The second-order valence-corrected chi connectivity index (χ2v) is 8.75. The van der Waals surface area contributed by atoms with Gasteiger partial charge in [0.05, 0.1) is 0 Å². The molecule has 0 aromatic heterocycles. The maximum absolute atomic E-state index is 12.9. The molecule has 2 rings (SSSR count). The van der Waals surface area contributed by atoms with Gasteiger partial charge in [0.2, 0.25) is 5.91 Å². The van der Waals surface area contributed by atoms with E-state index in [9.17, 15) is 4.79 Å². The van der Waals surface area contributed by atoms with E-state index in [-0.39, 0.29) is 0 Å². The highest BCUT2D eigenvalue weighted by atomic mass is 79.9. The fourth-order valence-corrected chi connectivity index (χ4v) is 4.74. The van der Waals surface area contributed by atoms with Gasteiger partial charge in [0.15, 0.2) is 0 Å². The third kappa shape index (κ3) is 4.46. The zero-order valence-corrected chi connectivity index (χ0v) is 15.6. The van der Waals surface area contributed by atoms with Gasteiger partial charge in [-0.25, -0.2) is 0 Å². The van der Waals surface area contributed by atoms with Crippen LogP contribution in [0.4, 0.5) is 0 Å². The quantitative estimate of drug-likeness (QED) is 0.636. The van der Waals surface area contributed by atoms with Crippen LogP contribution < -0.4 is 0 Å². The van der Waals surface area contributed by atoms with Crippen molar-refractivity contribution in [3.05, 3.63) is 0 Å². The summed E-state index contributed by atoms with van der Waals surface area (Å²) < 4.78 is 0. The first kappa shape index (κ1) is 17.3. The Morgan fingerprint density at radius 2 is 1.71 bits per heavy atom. The third-order valence-electron chi connectivity index (χ3n) is 5.64. The molecule has 1 aliphatic heterocycles. The maximum atomic E-state index is 12.9. The van der Waals surface area contributed by atoms with Crippen LogP contribution in [0.25, 0.3) is 0 Å². The highest BCUT2D eigenvalue weighted by Crippen LogP contribution is 2.40. The number of rotatable bonds is 2. The summed E-state index contributed by atoms with van der Waals surface area (Å²) in [5, 5.41) is 0.941. The van der Waals surface area contributed by atoms with Gasteiger partial charge >= 0.3 is 0 Å². The van der Waals surface area contributed by atoms with Gasteiger partial charge in [-0.05, 0) is 49.9 Å². The number of alkyl halides is 1. The normalized spacial score (nSPS) is 31.8. The average Bonchev–Trinajstić information content (AvgIpc) is 2.70. The number of carbonyl (C=O) groups excluding carboxylic acids is 1. The number of hydrogen-bond acceptors (Lipinski definition) is 1. The molecule has 1 unspecified atom stereocenters. The fraction of sp³-hybridized carbons (Fsp3) is 0.944. The smallest absolute Gasteiger partial charge is 0.225 e. The van der Waals surface area contributed by atoms with Crippen LogP contribution in [-0.2, 0) is 4.79 Å². The first-order valence-corrected chi connectivity index (χ1v) is 9.92. The topological polar surface area (TPSA) is 20.3 Å². The summed E-state index contributed by atoms with van der Waals surface area (Å²) in [5.74, 6) is 1.54. The van der Waals surface area contributed by atoms with Crippen LogP contribution in [0.1, 0.15) is 72.1 Å². The molecular formula is C18H32BrNO. The summed E-state index contributed by atoms with van der Waals surface area (Å²) in [6.45, 7) is 8.01. The highest BCUT2D eigenvalue weighted by Gasteiger charge is 2.35. The number of carbonyl (C=O) groups is 1. The van der Waals surface area contributed by atoms with Crippen molar-refractivity contribution in [2.24, 2.45) is 17.3 Å². The lowest BCUT2D eigenvalue weighted by atomic mass is 9.69. The van der Waals surface area contributed by atoms with Crippen molar-refractivity contribution in [3.8, 4) is 0 Å². The summed E-state index contributed by atoms with van der Waals surface area (Å²) in [6.07, 6.45) is 9.58. The minimum absolute atomic E-state index is 0.295. The molecule has 1 saturated carbocycles. The lowest BCUT2D eigenvalue weighted by molar-refractivity contribution is -0.139. The number of amides is 1. The standard InChI is InChI=1S/C18H32BrNO/c1-18(2,3)15-10-8-14(9-11-15)17(21)20-12-6-4-5-7-16(20)13-19/h14-16H,4-13H2,1-3H3. The summed E-state index contributed by atoms with van der Waals surface area (Å²) in [7, 11) is 0. The molecule has 3 heteroatoms. The predicted molar refractivity (Wildman–Crippen MR) is 92.7 cm³/mol. The van der Waals surface area contributed by atoms with Crippen molar-refractivity contribution >= 4 is 21.8 Å². The highest BCUT2D eigenvalue weighted by molar-refractivity contribution is 9.09. The molecule has 122 valence electrons. The van der Waals surface area contributed by atoms with Crippen molar-refractivity contribution in [2.45, 2.75) is 78.2 Å². The van der Waals surface area contributed by atoms with E-state index in [0.717, 1.165) is 30.6 Å². The minimum Gasteiger partial charge on any atom is -0.339 e. The zero-order valence-electron chi connectivity index (χ0n) is 14.0. The molecule has 0 aromatic rings.